The third kappa shape index (κ3) is 3.61. The normalized spacial score (nSPS) is 21.0. The molecule has 5 nitrogen and oxygen atoms in total. The number of thioether (sulfide) groups is 1. The molecule has 1 aromatic heterocycles. The van der Waals surface area contributed by atoms with E-state index in [0.29, 0.717) is 22.3 Å². The largest absolute Gasteiger partial charge is 0.337 e. The lowest BCUT2D eigenvalue weighted by atomic mass is 9.98. The van der Waals surface area contributed by atoms with Gasteiger partial charge in [0.15, 0.2) is 5.82 Å². The Hall–Kier alpha value is -1.89. The highest BCUT2D eigenvalue weighted by Gasteiger charge is 2.28. The van der Waals surface area contributed by atoms with Gasteiger partial charge < -0.3 is 4.90 Å². The van der Waals surface area contributed by atoms with Crippen LogP contribution in [0.3, 0.4) is 0 Å². The van der Waals surface area contributed by atoms with Crippen molar-refractivity contribution in [3.05, 3.63) is 30.1 Å². The van der Waals surface area contributed by atoms with Crippen LogP contribution < -0.4 is 0 Å². The molecule has 3 rings (SSSR count). The maximum Gasteiger partial charge on any atom is 0.233 e. The number of nitrogens with zero attached hydrogens (tertiary/aromatic N) is 3. The van der Waals surface area contributed by atoms with Crippen LogP contribution in [0.5, 0.6) is 0 Å². The summed E-state index contributed by atoms with van der Waals surface area (Å²) in [6, 6.07) is 6.96. The molecule has 1 saturated heterocycles. The molecule has 1 N–H and O–H groups in total. The fraction of sp³-hybridized carbons (Fsp3) is 0.471. The van der Waals surface area contributed by atoms with E-state index in [1.165, 1.54) is 24.2 Å². The van der Waals surface area contributed by atoms with Crippen LogP contribution in [0, 0.1) is 5.82 Å². The molecule has 0 bridgehead atoms. The van der Waals surface area contributed by atoms with E-state index in [1.807, 2.05) is 4.90 Å². The van der Waals surface area contributed by atoms with Crippen molar-refractivity contribution >= 4 is 17.7 Å². The number of aromatic nitrogens is 3. The predicted octanol–water partition coefficient (Wildman–Crippen LogP) is 3.49. The number of rotatable bonds is 4. The van der Waals surface area contributed by atoms with Crippen LogP contribution >= 0.6 is 11.8 Å². The molecular formula is C17H21FN4OS. The molecule has 128 valence electrons. The molecule has 1 aliphatic heterocycles. The summed E-state index contributed by atoms with van der Waals surface area (Å²) in [5, 5.41) is 7.27. The highest BCUT2D eigenvalue weighted by atomic mass is 32.2. The number of carbonyl (C=O) groups excluding carboxylic acids is 1. The van der Waals surface area contributed by atoms with Gasteiger partial charge in [-0.15, -0.1) is 5.10 Å². The van der Waals surface area contributed by atoms with Gasteiger partial charge >= 0.3 is 0 Å². The second-order valence-corrected chi connectivity index (χ2v) is 7.11. The zero-order chi connectivity index (χ0) is 17.1. The average molecular weight is 348 g/mol. The Balaban J connectivity index is 1.63. The van der Waals surface area contributed by atoms with Gasteiger partial charge in [-0.3, -0.25) is 9.89 Å². The van der Waals surface area contributed by atoms with Crippen molar-refractivity contribution in [2.75, 3.05) is 5.75 Å². The van der Waals surface area contributed by atoms with Gasteiger partial charge in [0.2, 0.25) is 11.1 Å². The van der Waals surface area contributed by atoms with Crippen LogP contribution in [-0.2, 0) is 4.79 Å². The first kappa shape index (κ1) is 17.0. The monoisotopic (exact) mass is 348 g/mol. The highest BCUT2D eigenvalue weighted by Crippen LogP contribution is 2.25. The summed E-state index contributed by atoms with van der Waals surface area (Å²) in [5.41, 5.74) is 0.376. The van der Waals surface area contributed by atoms with Crippen molar-refractivity contribution in [2.24, 2.45) is 0 Å². The SMILES string of the molecule is CC1CCCC(C)N1C(=O)CSc1n[nH]c(-c2ccccc2F)n1. The van der Waals surface area contributed by atoms with Crippen molar-refractivity contribution in [1.29, 1.82) is 0 Å². The molecule has 1 amide bonds. The molecule has 7 heteroatoms. The Morgan fingerprint density at radius 3 is 2.75 bits per heavy atom. The lowest BCUT2D eigenvalue weighted by Crippen LogP contribution is -2.48. The van der Waals surface area contributed by atoms with E-state index in [0.717, 1.165) is 12.8 Å². The van der Waals surface area contributed by atoms with Gasteiger partial charge in [0.1, 0.15) is 5.82 Å². The quantitative estimate of drug-likeness (QED) is 0.859. The van der Waals surface area contributed by atoms with E-state index in [9.17, 15) is 9.18 Å². The van der Waals surface area contributed by atoms with E-state index in [-0.39, 0.29) is 23.8 Å². The molecular weight excluding hydrogens is 327 g/mol. The number of benzene rings is 1. The van der Waals surface area contributed by atoms with Gasteiger partial charge in [0.05, 0.1) is 11.3 Å². The van der Waals surface area contributed by atoms with E-state index in [2.05, 4.69) is 29.0 Å². The van der Waals surface area contributed by atoms with Crippen molar-refractivity contribution in [3.8, 4) is 11.4 Å². The van der Waals surface area contributed by atoms with E-state index >= 15 is 0 Å². The average Bonchev–Trinajstić information content (AvgIpc) is 3.02. The second-order valence-electron chi connectivity index (χ2n) is 6.17. The third-order valence-corrected chi connectivity index (χ3v) is 5.23. The number of H-pyrrole nitrogens is 1. The maximum absolute atomic E-state index is 13.8. The number of hydrogen-bond donors (Lipinski definition) is 1. The number of amides is 1. The fourth-order valence-corrected chi connectivity index (χ4v) is 3.87. The number of halogens is 1. The van der Waals surface area contributed by atoms with Gasteiger partial charge in [-0.05, 0) is 45.2 Å². The Labute approximate surface area is 145 Å². The first-order valence-electron chi connectivity index (χ1n) is 8.17. The minimum atomic E-state index is -0.350. The zero-order valence-corrected chi connectivity index (χ0v) is 14.6. The Bertz CT molecular complexity index is 710. The first-order chi connectivity index (χ1) is 11.6. The lowest BCUT2D eigenvalue weighted by Gasteiger charge is -2.39. The summed E-state index contributed by atoms with van der Waals surface area (Å²) >= 11 is 1.28. The molecule has 2 unspecified atom stereocenters. The second kappa shape index (κ2) is 7.34. The van der Waals surface area contributed by atoms with Crippen LogP contribution in [0.4, 0.5) is 4.39 Å². The van der Waals surface area contributed by atoms with Crippen molar-refractivity contribution in [2.45, 2.75) is 50.4 Å². The lowest BCUT2D eigenvalue weighted by molar-refractivity contribution is -0.134. The van der Waals surface area contributed by atoms with Crippen LogP contribution in [0.2, 0.25) is 0 Å². The molecule has 24 heavy (non-hydrogen) atoms. The summed E-state index contributed by atoms with van der Waals surface area (Å²) in [5.74, 6) is 0.431. The molecule has 1 aliphatic rings. The van der Waals surface area contributed by atoms with E-state index in [1.54, 1.807) is 18.2 Å². The number of hydrogen-bond acceptors (Lipinski definition) is 4. The molecule has 2 heterocycles. The number of piperidine rings is 1. The summed E-state index contributed by atoms with van der Waals surface area (Å²) in [6.07, 6.45) is 3.28. The van der Waals surface area contributed by atoms with Gasteiger partial charge in [-0.25, -0.2) is 9.37 Å². The Morgan fingerprint density at radius 2 is 2.04 bits per heavy atom. The van der Waals surface area contributed by atoms with Crippen molar-refractivity contribution in [3.63, 3.8) is 0 Å². The predicted molar refractivity (Wildman–Crippen MR) is 92.1 cm³/mol. The Morgan fingerprint density at radius 1 is 1.33 bits per heavy atom. The van der Waals surface area contributed by atoms with Gasteiger partial charge in [-0.1, -0.05) is 23.9 Å². The molecule has 2 aromatic rings. The molecule has 1 aromatic carbocycles. The van der Waals surface area contributed by atoms with Crippen molar-refractivity contribution in [1.82, 2.24) is 20.1 Å². The first-order valence-corrected chi connectivity index (χ1v) is 9.16. The summed E-state index contributed by atoms with van der Waals surface area (Å²) in [6.45, 7) is 4.20. The smallest absolute Gasteiger partial charge is 0.233 e. The van der Waals surface area contributed by atoms with Gasteiger partial charge in [0, 0.05) is 12.1 Å². The summed E-state index contributed by atoms with van der Waals surface area (Å²) in [7, 11) is 0. The van der Waals surface area contributed by atoms with E-state index in [4.69, 9.17) is 0 Å². The third-order valence-electron chi connectivity index (χ3n) is 4.40. The summed E-state index contributed by atoms with van der Waals surface area (Å²) in [4.78, 5) is 18.8. The Kier molecular flexibility index (Phi) is 5.18. The topological polar surface area (TPSA) is 61.9 Å². The number of nitrogens with one attached hydrogen (secondary N) is 1. The molecule has 0 spiro atoms. The number of likely N-dealkylation sites (tertiary alicyclic amines) is 1. The number of carbonyl (C=O) groups is 1. The minimum absolute atomic E-state index is 0.108. The highest BCUT2D eigenvalue weighted by molar-refractivity contribution is 7.99. The molecule has 2 atom stereocenters. The van der Waals surface area contributed by atoms with E-state index < -0.39 is 0 Å². The molecule has 0 saturated carbocycles. The van der Waals surface area contributed by atoms with Gasteiger partial charge in [0.25, 0.3) is 0 Å². The minimum Gasteiger partial charge on any atom is -0.337 e. The maximum atomic E-state index is 13.8. The summed E-state index contributed by atoms with van der Waals surface area (Å²) < 4.78 is 13.8. The fourth-order valence-electron chi connectivity index (χ4n) is 3.20. The molecule has 1 fully saturated rings. The van der Waals surface area contributed by atoms with Crippen LogP contribution in [0.15, 0.2) is 29.4 Å². The standard InChI is InChI=1S/C17H21FN4OS/c1-11-6-5-7-12(2)22(11)15(23)10-24-17-19-16(20-21-17)13-8-3-4-9-14(13)18/h3-4,8-9,11-12H,5-7,10H2,1-2H3,(H,19,20,21). The van der Waals surface area contributed by atoms with Crippen molar-refractivity contribution < 1.29 is 9.18 Å². The van der Waals surface area contributed by atoms with Crippen LogP contribution in [-0.4, -0.2) is 43.8 Å². The van der Waals surface area contributed by atoms with Gasteiger partial charge in [-0.2, -0.15) is 0 Å². The molecule has 0 aliphatic carbocycles. The number of aromatic amines is 1. The van der Waals surface area contributed by atoms with Crippen LogP contribution in [0.1, 0.15) is 33.1 Å². The van der Waals surface area contributed by atoms with Crippen LogP contribution in [0.25, 0.3) is 11.4 Å². The molecule has 0 radical (unpaired) electrons. The zero-order valence-electron chi connectivity index (χ0n) is 13.8.